The molecule has 0 radical (unpaired) electrons. The van der Waals surface area contributed by atoms with E-state index in [1.807, 2.05) is 19.2 Å². The topological polar surface area (TPSA) is 95.5 Å². The molecule has 7 nitrogen and oxygen atoms in total. The van der Waals surface area contributed by atoms with Crippen LogP contribution in [0.2, 0.25) is 0 Å². The van der Waals surface area contributed by atoms with E-state index < -0.39 is 0 Å². The number of carbonyl (C=O) groups excluding carboxylic acids is 2. The van der Waals surface area contributed by atoms with Crippen molar-refractivity contribution in [3.05, 3.63) is 64.8 Å². The Labute approximate surface area is 197 Å². The Morgan fingerprint density at radius 3 is 2.69 bits per heavy atom. The number of hydrogen-bond donors (Lipinski definition) is 3. The van der Waals surface area contributed by atoms with Gasteiger partial charge in [0.25, 0.3) is 17.4 Å². The van der Waals surface area contributed by atoms with Crippen LogP contribution in [0.4, 0.5) is 0 Å². The third kappa shape index (κ3) is 4.25. The Morgan fingerprint density at radius 2 is 2.00 bits per heavy atom. The van der Waals surface area contributed by atoms with Crippen molar-refractivity contribution in [1.82, 2.24) is 20.0 Å². The predicted octanol–water partition coefficient (Wildman–Crippen LogP) is 4.05. The van der Waals surface area contributed by atoms with Gasteiger partial charge >= 0.3 is 0 Å². The Bertz CT molecular complexity index is 1460. The number of aromatic amines is 1. The van der Waals surface area contributed by atoms with E-state index in [4.69, 9.17) is 12.2 Å². The molecule has 0 unspecified atom stereocenters. The first-order chi connectivity index (χ1) is 15.3. The zero-order valence-electron chi connectivity index (χ0n) is 17.8. The number of H-pyrrole nitrogens is 1. The molecule has 4 aromatic rings. The molecule has 0 saturated carbocycles. The third-order valence-corrected chi connectivity index (χ3v) is 7.48. The molecular formula is C22H22N4O3S3. The Morgan fingerprint density at radius 1 is 1.22 bits per heavy atom. The fraction of sp³-hybridized carbons (Fsp3) is 0.273. The van der Waals surface area contributed by atoms with Gasteiger partial charge in [-0.25, -0.2) is 0 Å². The van der Waals surface area contributed by atoms with Gasteiger partial charge in [0.15, 0.2) is 3.95 Å². The lowest BCUT2D eigenvalue weighted by molar-refractivity contribution is 0.0942. The minimum atomic E-state index is -0.341. The van der Waals surface area contributed by atoms with E-state index in [2.05, 4.69) is 28.6 Å². The van der Waals surface area contributed by atoms with Crippen molar-refractivity contribution in [3.8, 4) is 0 Å². The van der Waals surface area contributed by atoms with Crippen LogP contribution in [0.25, 0.3) is 16.6 Å². The maximum Gasteiger partial charge on any atom is 0.265 e. The first-order valence-electron chi connectivity index (χ1n) is 10.1. The normalized spacial score (nSPS) is 11.4. The summed E-state index contributed by atoms with van der Waals surface area (Å²) >= 11 is 8.30. The van der Waals surface area contributed by atoms with E-state index in [0.29, 0.717) is 37.5 Å². The minimum Gasteiger partial charge on any atom is -0.352 e. The Balaban J connectivity index is 1.70. The van der Waals surface area contributed by atoms with E-state index in [0.717, 1.165) is 17.8 Å². The minimum absolute atomic E-state index is 0.0568. The SMILES string of the molecule is Cc1ccsc1CCNC(=O)c1ccc2c(=O)[nH]c3c(C(=O)NC(C)C)sc(=S)n3c2c1. The van der Waals surface area contributed by atoms with Crippen molar-refractivity contribution in [3.63, 3.8) is 0 Å². The van der Waals surface area contributed by atoms with Gasteiger partial charge in [-0.15, -0.1) is 11.3 Å². The molecule has 3 heterocycles. The van der Waals surface area contributed by atoms with Crippen LogP contribution in [0.15, 0.2) is 34.4 Å². The van der Waals surface area contributed by atoms with Crippen molar-refractivity contribution >= 4 is 63.3 Å². The van der Waals surface area contributed by atoms with Gasteiger partial charge in [-0.2, -0.15) is 0 Å². The highest BCUT2D eigenvalue weighted by atomic mass is 32.1. The first kappa shape index (κ1) is 22.4. The molecule has 32 heavy (non-hydrogen) atoms. The van der Waals surface area contributed by atoms with Gasteiger partial charge in [-0.1, -0.05) is 11.3 Å². The smallest absolute Gasteiger partial charge is 0.265 e. The summed E-state index contributed by atoms with van der Waals surface area (Å²) in [4.78, 5) is 42.4. The molecular weight excluding hydrogens is 464 g/mol. The van der Waals surface area contributed by atoms with Gasteiger partial charge in [-0.3, -0.25) is 18.8 Å². The number of amides is 2. The maximum absolute atomic E-state index is 12.8. The average Bonchev–Trinajstić information content (AvgIpc) is 3.30. The van der Waals surface area contributed by atoms with E-state index in [1.165, 1.54) is 10.4 Å². The standard InChI is InChI=1S/C22H22N4O3S3/c1-11(2)24-21(29)17-18-25-20(28)14-5-4-13(10-15(14)26(18)22(30)32-17)19(27)23-8-6-16-12(3)7-9-31-16/h4-5,7,9-11H,6,8H2,1-3H3,(H,23,27)(H,24,29)(H,25,28). The highest BCUT2D eigenvalue weighted by Gasteiger charge is 2.19. The second kappa shape index (κ2) is 8.97. The number of fused-ring (bicyclic) bond motifs is 3. The molecule has 10 heteroatoms. The second-order valence-electron chi connectivity index (χ2n) is 7.73. The van der Waals surface area contributed by atoms with Crippen molar-refractivity contribution in [1.29, 1.82) is 0 Å². The molecule has 1 aromatic carbocycles. The number of nitrogens with zero attached hydrogens (tertiary/aromatic N) is 1. The van der Waals surface area contributed by atoms with E-state index in [-0.39, 0.29) is 23.4 Å². The van der Waals surface area contributed by atoms with Crippen molar-refractivity contribution in [2.24, 2.45) is 0 Å². The number of nitrogens with one attached hydrogen (secondary N) is 3. The lowest BCUT2D eigenvalue weighted by atomic mass is 10.1. The summed E-state index contributed by atoms with van der Waals surface area (Å²) in [6.45, 7) is 6.29. The summed E-state index contributed by atoms with van der Waals surface area (Å²) in [5.74, 6) is -0.527. The number of aromatic nitrogens is 2. The molecule has 3 N–H and O–H groups in total. The number of aryl methyl sites for hydroxylation is 1. The molecule has 0 fully saturated rings. The second-order valence-corrected chi connectivity index (χ2v) is 10.4. The van der Waals surface area contributed by atoms with Crippen LogP contribution < -0.4 is 16.2 Å². The molecule has 0 aliphatic carbocycles. The molecule has 0 saturated heterocycles. The van der Waals surface area contributed by atoms with Gasteiger partial charge in [-0.05, 0) is 74.6 Å². The molecule has 0 spiro atoms. The molecule has 0 aliphatic heterocycles. The number of thiazole rings is 1. The zero-order chi connectivity index (χ0) is 23.0. The van der Waals surface area contributed by atoms with E-state index >= 15 is 0 Å². The molecule has 0 aliphatic rings. The van der Waals surface area contributed by atoms with Crippen LogP contribution in [0.3, 0.4) is 0 Å². The summed E-state index contributed by atoms with van der Waals surface area (Å²) in [6.07, 6.45) is 0.761. The fourth-order valence-corrected chi connectivity index (χ4v) is 5.66. The monoisotopic (exact) mass is 486 g/mol. The average molecular weight is 487 g/mol. The van der Waals surface area contributed by atoms with E-state index in [1.54, 1.807) is 33.9 Å². The number of thiophene rings is 1. The van der Waals surface area contributed by atoms with Gasteiger partial charge in [0, 0.05) is 23.0 Å². The third-order valence-electron chi connectivity index (χ3n) is 5.02. The van der Waals surface area contributed by atoms with E-state index in [9.17, 15) is 14.4 Å². The summed E-state index contributed by atoms with van der Waals surface area (Å²) in [6, 6.07) is 6.89. The van der Waals surface area contributed by atoms with Gasteiger partial charge < -0.3 is 15.6 Å². The Kier molecular flexibility index (Phi) is 6.27. The van der Waals surface area contributed by atoms with Crippen molar-refractivity contribution in [2.45, 2.75) is 33.2 Å². The summed E-state index contributed by atoms with van der Waals surface area (Å²) < 4.78 is 2.07. The van der Waals surface area contributed by atoms with Gasteiger partial charge in [0.05, 0.1) is 10.9 Å². The van der Waals surface area contributed by atoms with Crippen LogP contribution in [0.5, 0.6) is 0 Å². The maximum atomic E-state index is 12.8. The summed E-state index contributed by atoms with van der Waals surface area (Å²) in [7, 11) is 0. The molecule has 2 amide bonds. The summed E-state index contributed by atoms with van der Waals surface area (Å²) in [5.41, 5.74) is 2.14. The van der Waals surface area contributed by atoms with Crippen molar-refractivity contribution in [2.75, 3.05) is 6.54 Å². The fourth-order valence-electron chi connectivity index (χ4n) is 3.46. The number of hydrogen-bond acceptors (Lipinski definition) is 6. The number of carbonyl (C=O) groups is 2. The van der Waals surface area contributed by atoms with Crippen molar-refractivity contribution < 1.29 is 9.59 Å². The lowest BCUT2D eigenvalue weighted by Crippen LogP contribution is -2.30. The zero-order valence-corrected chi connectivity index (χ0v) is 20.2. The Hall–Kier alpha value is -2.82. The highest BCUT2D eigenvalue weighted by molar-refractivity contribution is 7.73. The van der Waals surface area contributed by atoms with Gasteiger partial charge in [0.2, 0.25) is 0 Å². The van der Waals surface area contributed by atoms with Gasteiger partial charge in [0.1, 0.15) is 10.5 Å². The molecule has 166 valence electrons. The molecule has 4 rings (SSSR count). The largest absolute Gasteiger partial charge is 0.352 e. The van der Waals surface area contributed by atoms with Crippen LogP contribution in [-0.4, -0.2) is 33.8 Å². The van der Waals surface area contributed by atoms with Crippen LogP contribution >= 0.6 is 34.9 Å². The quantitative estimate of drug-likeness (QED) is 0.358. The first-order valence-corrected chi connectivity index (χ1v) is 12.2. The lowest BCUT2D eigenvalue weighted by Gasteiger charge is -2.09. The number of benzene rings is 1. The van der Waals surface area contributed by atoms with Crippen LogP contribution in [0, 0.1) is 10.9 Å². The number of rotatable bonds is 6. The molecule has 0 atom stereocenters. The highest BCUT2D eigenvalue weighted by Crippen LogP contribution is 2.23. The molecule has 3 aromatic heterocycles. The van der Waals surface area contributed by atoms with Crippen LogP contribution in [-0.2, 0) is 6.42 Å². The summed E-state index contributed by atoms with van der Waals surface area (Å²) in [5, 5.41) is 8.20. The molecule has 0 bridgehead atoms. The predicted molar refractivity (Wildman–Crippen MR) is 132 cm³/mol. The van der Waals surface area contributed by atoms with Crippen LogP contribution in [0.1, 0.15) is 44.3 Å².